The molecule has 2 rings (SSSR count). The average Bonchev–Trinajstić information content (AvgIpc) is 2.39. The molecule has 18 heavy (non-hydrogen) atoms. The second-order valence-corrected chi connectivity index (χ2v) is 6.30. The number of hydrogen-bond donors (Lipinski definition) is 0. The zero-order valence-corrected chi connectivity index (χ0v) is 11.1. The van der Waals surface area contributed by atoms with Crippen molar-refractivity contribution in [1.29, 1.82) is 0 Å². The van der Waals surface area contributed by atoms with Gasteiger partial charge in [-0.05, 0) is 26.0 Å². The van der Waals surface area contributed by atoms with E-state index in [1.54, 1.807) is 50.4 Å². The lowest BCUT2D eigenvalue weighted by molar-refractivity contribution is 0.584. The Morgan fingerprint density at radius 3 is 2.28 bits per heavy atom. The summed E-state index contributed by atoms with van der Waals surface area (Å²) in [6, 6.07) is 8.40. The summed E-state index contributed by atoms with van der Waals surface area (Å²) in [5.74, 6) is 0. The Morgan fingerprint density at radius 1 is 1.06 bits per heavy atom. The largest absolute Gasteiger partial charge is 0.258 e. The minimum atomic E-state index is -3.42. The van der Waals surface area contributed by atoms with Gasteiger partial charge in [0.05, 0.1) is 16.3 Å². The molecule has 0 bridgehead atoms. The van der Waals surface area contributed by atoms with Crippen LogP contribution in [0.5, 0.6) is 0 Å². The molecular formula is C13H14N2O2S. The Bertz CT molecular complexity index is 639. The molecule has 5 heteroatoms. The summed E-state index contributed by atoms with van der Waals surface area (Å²) in [6.07, 6.45) is 3.07. The number of nitrogens with zero attached hydrogens (tertiary/aromatic N) is 2. The fourth-order valence-corrected chi connectivity index (χ4v) is 3.25. The minimum Gasteiger partial charge on any atom is -0.258 e. The van der Waals surface area contributed by atoms with Crippen LogP contribution >= 0.6 is 0 Å². The predicted octanol–water partition coefficient (Wildman–Crippen LogP) is 2.32. The third-order valence-electron chi connectivity index (χ3n) is 2.84. The molecule has 0 aliphatic heterocycles. The Hall–Kier alpha value is -1.75. The van der Waals surface area contributed by atoms with Gasteiger partial charge in [0.25, 0.3) is 0 Å². The molecule has 1 aromatic heterocycles. The monoisotopic (exact) mass is 262 g/mol. The summed E-state index contributed by atoms with van der Waals surface area (Å²) in [5, 5.41) is -0.700. The van der Waals surface area contributed by atoms with Crippen molar-refractivity contribution in [2.75, 3.05) is 0 Å². The highest BCUT2D eigenvalue weighted by Crippen LogP contribution is 2.27. The molecule has 0 spiro atoms. The van der Waals surface area contributed by atoms with E-state index in [0.717, 1.165) is 0 Å². The highest BCUT2D eigenvalue weighted by Gasteiger charge is 2.27. The molecule has 94 valence electrons. The van der Waals surface area contributed by atoms with Crippen LogP contribution in [-0.2, 0) is 9.84 Å². The topological polar surface area (TPSA) is 59.9 Å². The van der Waals surface area contributed by atoms with E-state index in [2.05, 4.69) is 9.97 Å². The highest BCUT2D eigenvalue weighted by atomic mass is 32.2. The normalized spacial score (nSPS) is 13.2. The number of benzene rings is 1. The number of aromatic nitrogens is 2. The molecule has 1 atom stereocenters. The van der Waals surface area contributed by atoms with Crippen molar-refractivity contribution in [1.82, 2.24) is 9.97 Å². The van der Waals surface area contributed by atoms with Crippen molar-refractivity contribution in [2.45, 2.75) is 24.0 Å². The lowest BCUT2D eigenvalue weighted by Gasteiger charge is -2.13. The number of rotatable bonds is 3. The van der Waals surface area contributed by atoms with E-state index in [1.807, 2.05) is 0 Å². The maximum atomic E-state index is 12.4. The van der Waals surface area contributed by atoms with E-state index < -0.39 is 15.1 Å². The van der Waals surface area contributed by atoms with Crippen LogP contribution in [0.1, 0.15) is 23.6 Å². The first-order valence-electron chi connectivity index (χ1n) is 5.60. The van der Waals surface area contributed by atoms with Crippen LogP contribution in [0.15, 0.2) is 47.6 Å². The van der Waals surface area contributed by atoms with Gasteiger partial charge in [0.2, 0.25) is 0 Å². The summed E-state index contributed by atoms with van der Waals surface area (Å²) in [7, 11) is -3.42. The third kappa shape index (κ3) is 2.26. The molecule has 0 radical (unpaired) electrons. The molecule has 0 amide bonds. The first kappa shape index (κ1) is 12.7. The van der Waals surface area contributed by atoms with Crippen molar-refractivity contribution in [3.8, 4) is 0 Å². The van der Waals surface area contributed by atoms with E-state index in [0.29, 0.717) is 16.3 Å². The molecule has 0 saturated heterocycles. The fourth-order valence-electron chi connectivity index (χ4n) is 1.78. The third-order valence-corrected chi connectivity index (χ3v) is 4.92. The zero-order chi connectivity index (χ0) is 13.2. The van der Waals surface area contributed by atoms with E-state index >= 15 is 0 Å². The van der Waals surface area contributed by atoms with Crippen LogP contribution in [-0.4, -0.2) is 18.4 Å². The molecule has 1 aromatic carbocycles. The van der Waals surface area contributed by atoms with Gasteiger partial charge in [0.1, 0.15) is 5.25 Å². The molecule has 1 unspecified atom stereocenters. The standard InChI is InChI=1S/C13H14N2O2S/c1-10-13(15-9-8-14-10)11(2)18(16,17)12-6-4-3-5-7-12/h3-9,11H,1-2H3. The van der Waals surface area contributed by atoms with E-state index in [4.69, 9.17) is 0 Å². The van der Waals surface area contributed by atoms with Gasteiger partial charge in [-0.15, -0.1) is 0 Å². The second-order valence-electron chi connectivity index (χ2n) is 4.03. The Kier molecular flexibility index (Phi) is 3.43. The Morgan fingerprint density at radius 2 is 1.67 bits per heavy atom. The number of sulfone groups is 1. The van der Waals surface area contributed by atoms with Gasteiger partial charge < -0.3 is 0 Å². The lowest BCUT2D eigenvalue weighted by atomic mass is 10.2. The van der Waals surface area contributed by atoms with Gasteiger partial charge in [0, 0.05) is 12.4 Å². The zero-order valence-electron chi connectivity index (χ0n) is 10.2. The van der Waals surface area contributed by atoms with Gasteiger partial charge in [-0.3, -0.25) is 9.97 Å². The van der Waals surface area contributed by atoms with Crippen LogP contribution < -0.4 is 0 Å². The molecule has 4 nitrogen and oxygen atoms in total. The molecule has 0 fully saturated rings. The molecule has 0 aliphatic carbocycles. The highest BCUT2D eigenvalue weighted by molar-refractivity contribution is 7.91. The summed E-state index contributed by atoms with van der Waals surface area (Å²) in [5.41, 5.74) is 1.14. The minimum absolute atomic E-state index is 0.308. The molecule has 0 aliphatic rings. The SMILES string of the molecule is Cc1nccnc1C(C)S(=O)(=O)c1ccccc1. The van der Waals surface area contributed by atoms with Gasteiger partial charge in [-0.2, -0.15) is 0 Å². The van der Waals surface area contributed by atoms with Crippen LogP contribution in [0.25, 0.3) is 0 Å². The summed E-state index contributed by atoms with van der Waals surface area (Å²) < 4.78 is 24.8. The van der Waals surface area contributed by atoms with Crippen LogP contribution in [0.4, 0.5) is 0 Å². The quantitative estimate of drug-likeness (QED) is 0.851. The lowest BCUT2D eigenvalue weighted by Crippen LogP contribution is -2.13. The van der Waals surface area contributed by atoms with Crippen molar-refractivity contribution >= 4 is 9.84 Å². The van der Waals surface area contributed by atoms with Gasteiger partial charge in [-0.1, -0.05) is 18.2 Å². The van der Waals surface area contributed by atoms with Gasteiger partial charge in [0.15, 0.2) is 9.84 Å². The number of hydrogen-bond acceptors (Lipinski definition) is 4. The second kappa shape index (κ2) is 4.86. The van der Waals surface area contributed by atoms with Gasteiger partial charge >= 0.3 is 0 Å². The van der Waals surface area contributed by atoms with Gasteiger partial charge in [-0.25, -0.2) is 8.42 Å². The maximum absolute atomic E-state index is 12.4. The van der Waals surface area contributed by atoms with Crippen LogP contribution in [0.2, 0.25) is 0 Å². The predicted molar refractivity (Wildman–Crippen MR) is 68.8 cm³/mol. The van der Waals surface area contributed by atoms with Crippen LogP contribution in [0, 0.1) is 6.92 Å². The van der Waals surface area contributed by atoms with Crippen molar-refractivity contribution in [3.05, 3.63) is 54.1 Å². The number of aryl methyl sites for hydroxylation is 1. The van der Waals surface area contributed by atoms with E-state index in [-0.39, 0.29) is 0 Å². The van der Waals surface area contributed by atoms with Crippen molar-refractivity contribution < 1.29 is 8.42 Å². The summed E-state index contributed by atoms with van der Waals surface area (Å²) in [6.45, 7) is 3.40. The fraction of sp³-hybridized carbons (Fsp3) is 0.231. The Balaban J connectivity index is 2.47. The molecule has 0 N–H and O–H groups in total. The molecular weight excluding hydrogens is 248 g/mol. The van der Waals surface area contributed by atoms with E-state index in [1.165, 1.54) is 6.20 Å². The molecule has 0 saturated carbocycles. The van der Waals surface area contributed by atoms with Crippen molar-refractivity contribution in [2.24, 2.45) is 0 Å². The Labute approximate surface area is 107 Å². The van der Waals surface area contributed by atoms with Crippen LogP contribution in [0.3, 0.4) is 0 Å². The summed E-state index contributed by atoms with van der Waals surface area (Å²) >= 11 is 0. The smallest absolute Gasteiger partial charge is 0.186 e. The maximum Gasteiger partial charge on any atom is 0.186 e. The molecule has 2 aromatic rings. The first-order chi connectivity index (χ1) is 8.53. The average molecular weight is 262 g/mol. The van der Waals surface area contributed by atoms with E-state index in [9.17, 15) is 8.42 Å². The summed E-state index contributed by atoms with van der Waals surface area (Å²) in [4.78, 5) is 8.52. The first-order valence-corrected chi connectivity index (χ1v) is 7.14. The molecule has 1 heterocycles. The van der Waals surface area contributed by atoms with Crippen molar-refractivity contribution in [3.63, 3.8) is 0 Å².